The van der Waals surface area contributed by atoms with Gasteiger partial charge in [-0.3, -0.25) is 4.79 Å². The van der Waals surface area contributed by atoms with Gasteiger partial charge in [-0.05, 0) is 32.1 Å². The van der Waals surface area contributed by atoms with Crippen molar-refractivity contribution in [2.45, 2.75) is 33.1 Å². The Bertz CT molecular complexity index is 362. The Labute approximate surface area is 114 Å². The Hall–Kier alpha value is -1.26. The van der Waals surface area contributed by atoms with Crippen molar-refractivity contribution in [1.29, 1.82) is 0 Å². The second-order valence-electron chi connectivity index (χ2n) is 6.16. The molecule has 0 saturated carbocycles. The van der Waals surface area contributed by atoms with Gasteiger partial charge in [-0.15, -0.1) is 0 Å². The molecule has 2 aliphatic heterocycles. The van der Waals surface area contributed by atoms with Gasteiger partial charge < -0.3 is 14.5 Å². The molecule has 1 unspecified atom stereocenters. The molecule has 0 aromatic carbocycles. The minimum absolute atomic E-state index is 0.135. The van der Waals surface area contributed by atoms with Gasteiger partial charge in [0.05, 0.1) is 12.5 Å². The first-order valence-electron chi connectivity index (χ1n) is 7.08. The second-order valence-corrected chi connectivity index (χ2v) is 6.16. The largest absolute Gasteiger partial charge is 0.469 e. The number of hydrogen-bond acceptors (Lipinski definition) is 3. The van der Waals surface area contributed by atoms with Crippen molar-refractivity contribution < 1.29 is 14.3 Å². The van der Waals surface area contributed by atoms with Crippen molar-refractivity contribution in [2.24, 2.45) is 11.3 Å². The SMILES string of the molecule is COC(=O)C1(C)CCN(C(=O)N2CCC(C)C2)CC1. The van der Waals surface area contributed by atoms with Gasteiger partial charge in [-0.25, -0.2) is 4.79 Å². The first-order chi connectivity index (χ1) is 8.96. The van der Waals surface area contributed by atoms with Crippen LogP contribution < -0.4 is 0 Å². The Kier molecular flexibility index (Phi) is 4.02. The van der Waals surface area contributed by atoms with Crippen LogP contribution in [0, 0.1) is 11.3 Å². The van der Waals surface area contributed by atoms with Crippen molar-refractivity contribution in [2.75, 3.05) is 33.3 Å². The van der Waals surface area contributed by atoms with Crippen LogP contribution in [0.4, 0.5) is 4.79 Å². The molecule has 2 amide bonds. The molecular weight excluding hydrogens is 244 g/mol. The van der Waals surface area contributed by atoms with Crippen LogP contribution in [-0.4, -0.2) is 55.1 Å². The summed E-state index contributed by atoms with van der Waals surface area (Å²) in [6, 6.07) is 0.135. The molecule has 0 radical (unpaired) electrons. The second kappa shape index (κ2) is 5.39. The molecular formula is C14H24N2O3. The first kappa shape index (κ1) is 14.2. The summed E-state index contributed by atoms with van der Waals surface area (Å²) in [7, 11) is 1.43. The average molecular weight is 268 g/mol. The van der Waals surface area contributed by atoms with E-state index < -0.39 is 5.41 Å². The lowest BCUT2D eigenvalue weighted by atomic mass is 9.80. The Morgan fingerprint density at radius 1 is 1.16 bits per heavy atom. The zero-order valence-electron chi connectivity index (χ0n) is 12.1. The number of nitrogens with zero attached hydrogens (tertiary/aromatic N) is 2. The number of methoxy groups -OCH3 is 1. The van der Waals surface area contributed by atoms with Crippen LogP contribution in [0.1, 0.15) is 33.1 Å². The predicted molar refractivity (Wildman–Crippen MR) is 71.7 cm³/mol. The highest BCUT2D eigenvalue weighted by Gasteiger charge is 2.40. The van der Waals surface area contributed by atoms with Crippen LogP contribution in [0.2, 0.25) is 0 Å². The van der Waals surface area contributed by atoms with Crippen molar-refractivity contribution in [3.05, 3.63) is 0 Å². The lowest BCUT2D eigenvalue weighted by Gasteiger charge is -2.38. The van der Waals surface area contributed by atoms with E-state index in [9.17, 15) is 9.59 Å². The molecule has 2 aliphatic rings. The van der Waals surface area contributed by atoms with Gasteiger partial charge in [-0.1, -0.05) is 6.92 Å². The van der Waals surface area contributed by atoms with Gasteiger partial charge in [-0.2, -0.15) is 0 Å². The van der Waals surface area contributed by atoms with Gasteiger partial charge in [0.1, 0.15) is 0 Å². The van der Waals surface area contributed by atoms with E-state index in [1.165, 1.54) is 7.11 Å². The van der Waals surface area contributed by atoms with E-state index in [1.807, 2.05) is 16.7 Å². The van der Waals surface area contributed by atoms with E-state index in [2.05, 4.69) is 6.92 Å². The van der Waals surface area contributed by atoms with E-state index in [-0.39, 0.29) is 12.0 Å². The van der Waals surface area contributed by atoms with Crippen LogP contribution >= 0.6 is 0 Å². The molecule has 1 atom stereocenters. The number of amides is 2. The summed E-state index contributed by atoms with van der Waals surface area (Å²) in [4.78, 5) is 27.9. The van der Waals surface area contributed by atoms with Crippen molar-refractivity contribution >= 4 is 12.0 Å². The number of carbonyl (C=O) groups excluding carboxylic acids is 2. The molecule has 2 heterocycles. The molecule has 0 aromatic rings. The first-order valence-corrected chi connectivity index (χ1v) is 7.08. The molecule has 5 heteroatoms. The maximum absolute atomic E-state index is 12.3. The Balaban J connectivity index is 1.89. The van der Waals surface area contributed by atoms with Crippen LogP contribution in [0.25, 0.3) is 0 Å². The topological polar surface area (TPSA) is 49.9 Å². The summed E-state index contributed by atoms with van der Waals surface area (Å²) in [5, 5.41) is 0. The van der Waals surface area contributed by atoms with Gasteiger partial charge in [0.25, 0.3) is 0 Å². The summed E-state index contributed by atoms with van der Waals surface area (Å²) in [5.41, 5.74) is -0.427. The number of likely N-dealkylation sites (tertiary alicyclic amines) is 2. The molecule has 2 saturated heterocycles. The monoisotopic (exact) mass is 268 g/mol. The lowest BCUT2D eigenvalue weighted by molar-refractivity contribution is -0.154. The van der Waals surface area contributed by atoms with Crippen LogP contribution in [0.15, 0.2) is 0 Å². The molecule has 0 N–H and O–H groups in total. The fraction of sp³-hybridized carbons (Fsp3) is 0.857. The number of carbonyl (C=O) groups is 2. The van der Waals surface area contributed by atoms with Crippen molar-refractivity contribution in [3.63, 3.8) is 0 Å². The van der Waals surface area contributed by atoms with Crippen molar-refractivity contribution in [1.82, 2.24) is 9.80 Å². The molecule has 19 heavy (non-hydrogen) atoms. The van der Waals surface area contributed by atoms with Crippen LogP contribution in [0.3, 0.4) is 0 Å². The van der Waals surface area contributed by atoms with Gasteiger partial charge in [0.2, 0.25) is 0 Å². The Morgan fingerprint density at radius 2 is 1.79 bits per heavy atom. The molecule has 108 valence electrons. The van der Waals surface area contributed by atoms with E-state index in [0.717, 1.165) is 19.5 Å². The Morgan fingerprint density at radius 3 is 2.26 bits per heavy atom. The maximum Gasteiger partial charge on any atom is 0.320 e. The number of rotatable bonds is 1. The summed E-state index contributed by atoms with van der Waals surface area (Å²) in [5.74, 6) is 0.448. The lowest BCUT2D eigenvalue weighted by Crippen LogP contribution is -2.49. The third-order valence-electron chi connectivity index (χ3n) is 4.51. The van der Waals surface area contributed by atoms with Crippen LogP contribution in [0.5, 0.6) is 0 Å². The van der Waals surface area contributed by atoms with E-state index in [1.54, 1.807) is 0 Å². The molecule has 0 bridgehead atoms. The number of esters is 1. The quantitative estimate of drug-likeness (QED) is 0.680. The molecule has 0 aromatic heterocycles. The summed E-state index contributed by atoms with van der Waals surface area (Å²) in [6.45, 7) is 7.13. The highest BCUT2D eigenvalue weighted by Crippen LogP contribution is 2.32. The number of hydrogen-bond donors (Lipinski definition) is 0. The normalized spacial score (nSPS) is 26.4. The zero-order chi connectivity index (χ0) is 14.0. The standard InChI is InChI=1S/C14H24N2O3/c1-11-4-7-16(10-11)13(18)15-8-5-14(2,6-9-15)12(17)19-3/h11H,4-10H2,1-3H3. The molecule has 0 spiro atoms. The molecule has 2 rings (SSSR count). The number of urea groups is 1. The summed E-state index contributed by atoms with van der Waals surface area (Å²) in [6.07, 6.45) is 2.48. The maximum atomic E-state index is 12.3. The average Bonchev–Trinajstić information content (AvgIpc) is 2.84. The third kappa shape index (κ3) is 2.85. The van der Waals surface area contributed by atoms with Gasteiger partial charge in [0, 0.05) is 26.2 Å². The third-order valence-corrected chi connectivity index (χ3v) is 4.51. The minimum Gasteiger partial charge on any atom is -0.469 e. The van der Waals surface area contributed by atoms with Crippen LogP contribution in [-0.2, 0) is 9.53 Å². The smallest absolute Gasteiger partial charge is 0.320 e. The number of piperidine rings is 1. The van der Waals surface area contributed by atoms with Gasteiger partial charge >= 0.3 is 12.0 Å². The predicted octanol–water partition coefficient (Wildman–Crippen LogP) is 1.72. The fourth-order valence-corrected chi connectivity index (χ4v) is 2.95. The molecule has 0 aliphatic carbocycles. The summed E-state index contributed by atoms with van der Waals surface area (Å²) < 4.78 is 4.85. The summed E-state index contributed by atoms with van der Waals surface area (Å²) >= 11 is 0. The number of ether oxygens (including phenoxy) is 1. The van der Waals surface area contributed by atoms with E-state index in [0.29, 0.717) is 31.8 Å². The van der Waals surface area contributed by atoms with Gasteiger partial charge in [0.15, 0.2) is 0 Å². The fourth-order valence-electron chi connectivity index (χ4n) is 2.95. The zero-order valence-corrected chi connectivity index (χ0v) is 12.1. The molecule has 5 nitrogen and oxygen atoms in total. The highest BCUT2D eigenvalue weighted by atomic mass is 16.5. The van der Waals surface area contributed by atoms with E-state index in [4.69, 9.17) is 4.74 Å². The van der Waals surface area contributed by atoms with Crippen molar-refractivity contribution in [3.8, 4) is 0 Å². The molecule has 2 fully saturated rings. The highest BCUT2D eigenvalue weighted by molar-refractivity contribution is 5.78. The minimum atomic E-state index is -0.427. The van der Waals surface area contributed by atoms with E-state index >= 15 is 0 Å².